The molecule has 3 rings (SSSR count). The minimum absolute atomic E-state index is 0.729. The van der Waals surface area contributed by atoms with Crippen LogP contribution in [-0.2, 0) is 6.54 Å². The van der Waals surface area contributed by atoms with Gasteiger partial charge in [-0.1, -0.05) is 0 Å². The van der Waals surface area contributed by atoms with Crippen molar-refractivity contribution in [2.75, 3.05) is 52.4 Å². The van der Waals surface area contributed by atoms with E-state index in [1.807, 2.05) is 24.3 Å². The molecule has 2 heterocycles. The van der Waals surface area contributed by atoms with Gasteiger partial charge in [0.25, 0.3) is 0 Å². The molecule has 26 heavy (non-hydrogen) atoms. The molecule has 0 unspecified atom stereocenters. The molecule has 0 radical (unpaired) electrons. The largest absolute Gasteiger partial charge is 0.496 e. The Bertz CT molecular complexity index is 686. The van der Waals surface area contributed by atoms with Crippen molar-refractivity contribution in [3.05, 3.63) is 36.0 Å². The summed E-state index contributed by atoms with van der Waals surface area (Å²) in [6.45, 7) is 4.61. The normalized spacial score (nSPS) is 15.4. The van der Waals surface area contributed by atoms with E-state index in [9.17, 15) is 0 Å². The van der Waals surface area contributed by atoms with E-state index in [0.29, 0.717) is 0 Å². The second kappa shape index (κ2) is 8.71. The van der Waals surface area contributed by atoms with Crippen molar-refractivity contribution in [3.63, 3.8) is 0 Å². The number of anilines is 1. The molecule has 0 bridgehead atoms. The summed E-state index contributed by atoms with van der Waals surface area (Å²) in [5.74, 6) is 3.24. The maximum atomic E-state index is 5.58. The lowest BCUT2D eigenvalue weighted by Gasteiger charge is -2.24. The van der Waals surface area contributed by atoms with Gasteiger partial charge < -0.3 is 19.1 Å². The molecular weight excluding hydrogens is 332 g/mol. The summed E-state index contributed by atoms with van der Waals surface area (Å²) in [5, 5.41) is 8.22. The summed E-state index contributed by atoms with van der Waals surface area (Å²) in [6, 6.07) is 7.75. The number of benzene rings is 1. The van der Waals surface area contributed by atoms with Crippen molar-refractivity contribution in [2.45, 2.75) is 13.0 Å². The summed E-state index contributed by atoms with van der Waals surface area (Å²) in [4.78, 5) is 4.71. The first-order valence-electron chi connectivity index (χ1n) is 8.79. The van der Waals surface area contributed by atoms with Gasteiger partial charge in [-0.15, -0.1) is 5.10 Å². The van der Waals surface area contributed by atoms with Gasteiger partial charge in [0.2, 0.25) is 0 Å². The number of ether oxygens (including phenoxy) is 3. The Morgan fingerprint density at radius 3 is 2.35 bits per heavy atom. The van der Waals surface area contributed by atoms with Crippen LogP contribution in [0, 0.1) is 0 Å². The minimum Gasteiger partial charge on any atom is -0.496 e. The van der Waals surface area contributed by atoms with Gasteiger partial charge in [0, 0.05) is 51.1 Å². The highest BCUT2D eigenvalue weighted by Gasteiger charge is 2.20. The molecule has 2 aromatic rings. The predicted molar refractivity (Wildman–Crippen MR) is 100 cm³/mol. The van der Waals surface area contributed by atoms with Gasteiger partial charge in [-0.25, -0.2) is 0 Å². The molecule has 0 aliphatic carbocycles. The predicted octanol–water partition coefficient (Wildman–Crippen LogP) is 2.21. The Morgan fingerprint density at radius 2 is 1.73 bits per heavy atom. The molecule has 0 N–H and O–H groups in total. The van der Waals surface area contributed by atoms with Gasteiger partial charge in [0.15, 0.2) is 5.82 Å². The van der Waals surface area contributed by atoms with Crippen LogP contribution in [0.4, 0.5) is 5.82 Å². The SMILES string of the molecule is COc1cc(OC)c(CN2CCCN(c3cccnn3)CC2)c(OC)c1. The third kappa shape index (κ3) is 4.16. The molecule has 1 aromatic heterocycles. The highest BCUT2D eigenvalue weighted by Crippen LogP contribution is 2.35. The van der Waals surface area contributed by atoms with E-state index in [0.717, 1.165) is 67.8 Å². The van der Waals surface area contributed by atoms with Crippen molar-refractivity contribution in [3.8, 4) is 17.2 Å². The molecule has 7 nitrogen and oxygen atoms in total. The van der Waals surface area contributed by atoms with Crippen LogP contribution in [0.3, 0.4) is 0 Å². The van der Waals surface area contributed by atoms with Crippen molar-refractivity contribution in [1.29, 1.82) is 0 Å². The zero-order chi connectivity index (χ0) is 18.4. The quantitative estimate of drug-likeness (QED) is 0.785. The molecular formula is C19H26N4O3. The van der Waals surface area contributed by atoms with E-state index in [1.54, 1.807) is 27.5 Å². The van der Waals surface area contributed by atoms with E-state index < -0.39 is 0 Å². The number of hydrogen-bond acceptors (Lipinski definition) is 7. The molecule has 1 aromatic carbocycles. The summed E-state index contributed by atoms with van der Waals surface area (Å²) in [7, 11) is 5.00. The van der Waals surface area contributed by atoms with Crippen LogP contribution in [0.25, 0.3) is 0 Å². The van der Waals surface area contributed by atoms with Crippen molar-refractivity contribution < 1.29 is 14.2 Å². The Hall–Kier alpha value is -2.54. The first-order valence-corrected chi connectivity index (χ1v) is 8.79. The molecule has 1 aliphatic heterocycles. The molecule has 0 atom stereocenters. The maximum Gasteiger partial charge on any atom is 0.151 e. The zero-order valence-corrected chi connectivity index (χ0v) is 15.6. The average molecular weight is 358 g/mol. The highest BCUT2D eigenvalue weighted by atomic mass is 16.5. The van der Waals surface area contributed by atoms with Crippen LogP contribution in [0.2, 0.25) is 0 Å². The Kier molecular flexibility index (Phi) is 6.12. The molecule has 0 saturated carbocycles. The third-order valence-corrected chi connectivity index (χ3v) is 4.67. The topological polar surface area (TPSA) is 60.0 Å². The second-order valence-electron chi connectivity index (χ2n) is 6.21. The van der Waals surface area contributed by atoms with Gasteiger partial charge in [-0.2, -0.15) is 5.10 Å². The van der Waals surface area contributed by atoms with E-state index >= 15 is 0 Å². The average Bonchev–Trinajstić information content (AvgIpc) is 2.94. The number of aromatic nitrogens is 2. The Morgan fingerprint density at radius 1 is 0.962 bits per heavy atom. The number of methoxy groups -OCH3 is 3. The van der Waals surface area contributed by atoms with Crippen LogP contribution in [0.15, 0.2) is 30.5 Å². The highest BCUT2D eigenvalue weighted by molar-refractivity contribution is 5.50. The smallest absolute Gasteiger partial charge is 0.151 e. The van der Waals surface area contributed by atoms with Crippen LogP contribution in [0.1, 0.15) is 12.0 Å². The van der Waals surface area contributed by atoms with Gasteiger partial charge in [0.1, 0.15) is 17.2 Å². The summed E-state index contributed by atoms with van der Waals surface area (Å²) in [6.07, 6.45) is 2.77. The van der Waals surface area contributed by atoms with E-state index in [2.05, 4.69) is 20.0 Å². The Labute approximate surface area is 154 Å². The lowest BCUT2D eigenvalue weighted by Crippen LogP contribution is -2.31. The second-order valence-corrected chi connectivity index (χ2v) is 6.21. The fraction of sp³-hybridized carbons (Fsp3) is 0.474. The zero-order valence-electron chi connectivity index (χ0n) is 15.6. The first kappa shape index (κ1) is 18.3. The van der Waals surface area contributed by atoms with Crippen molar-refractivity contribution >= 4 is 5.82 Å². The number of rotatable bonds is 6. The molecule has 1 fully saturated rings. The van der Waals surface area contributed by atoms with Gasteiger partial charge in [-0.3, -0.25) is 4.90 Å². The summed E-state index contributed by atoms with van der Waals surface area (Å²) >= 11 is 0. The number of hydrogen-bond donors (Lipinski definition) is 0. The molecule has 0 amide bonds. The van der Waals surface area contributed by atoms with Gasteiger partial charge in [-0.05, 0) is 18.6 Å². The fourth-order valence-electron chi connectivity index (χ4n) is 3.28. The van der Waals surface area contributed by atoms with Crippen molar-refractivity contribution in [2.24, 2.45) is 0 Å². The third-order valence-electron chi connectivity index (χ3n) is 4.67. The number of nitrogens with zero attached hydrogens (tertiary/aromatic N) is 4. The lowest BCUT2D eigenvalue weighted by atomic mass is 10.1. The fourth-order valence-corrected chi connectivity index (χ4v) is 3.28. The molecule has 0 spiro atoms. The van der Waals surface area contributed by atoms with Crippen LogP contribution >= 0.6 is 0 Å². The van der Waals surface area contributed by atoms with Crippen LogP contribution in [0.5, 0.6) is 17.2 Å². The molecule has 140 valence electrons. The summed E-state index contributed by atoms with van der Waals surface area (Å²) < 4.78 is 16.5. The lowest BCUT2D eigenvalue weighted by molar-refractivity contribution is 0.272. The van der Waals surface area contributed by atoms with Crippen LogP contribution < -0.4 is 19.1 Å². The summed E-state index contributed by atoms with van der Waals surface area (Å²) in [5.41, 5.74) is 1.05. The van der Waals surface area contributed by atoms with Gasteiger partial charge >= 0.3 is 0 Å². The Balaban J connectivity index is 1.73. The first-order chi connectivity index (χ1) is 12.7. The van der Waals surface area contributed by atoms with E-state index in [1.165, 1.54) is 0 Å². The van der Waals surface area contributed by atoms with E-state index in [4.69, 9.17) is 14.2 Å². The minimum atomic E-state index is 0.729. The van der Waals surface area contributed by atoms with Crippen molar-refractivity contribution in [1.82, 2.24) is 15.1 Å². The van der Waals surface area contributed by atoms with E-state index in [-0.39, 0.29) is 0 Å². The molecule has 7 heteroatoms. The molecule has 1 saturated heterocycles. The maximum absolute atomic E-state index is 5.58. The standard InChI is InChI=1S/C19H26N4O3/c1-24-15-12-17(25-2)16(18(13-15)26-3)14-22-8-5-9-23(11-10-22)19-6-4-7-20-21-19/h4,6-7,12-13H,5,8-11,14H2,1-3H3. The van der Waals surface area contributed by atoms with Gasteiger partial charge in [0.05, 0.1) is 26.9 Å². The monoisotopic (exact) mass is 358 g/mol. The molecule has 1 aliphatic rings. The van der Waals surface area contributed by atoms with Crippen LogP contribution in [-0.4, -0.2) is 62.6 Å².